The molecule has 3 rings (SSSR count). The zero-order valence-corrected chi connectivity index (χ0v) is 17.0. The third-order valence-corrected chi connectivity index (χ3v) is 6.79. The Morgan fingerprint density at radius 3 is 2.73 bits per heavy atom. The minimum absolute atomic E-state index is 0.220. The molecule has 2 fully saturated rings. The molecule has 2 aliphatic heterocycles. The number of rotatable bonds is 7. The van der Waals surface area contributed by atoms with Crippen molar-refractivity contribution in [1.29, 1.82) is 0 Å². The quantitative estimate of drug-likeness (QED) is 0.561. The lowest BCUT2D eigenvalue weighted by Gasteiger charge is -2.45. The number of aliphatic imine (C=N–C) groups is 1. The zero-order valence-electron chi connectivity index (χ0n) is 16.2. The summed E-state index contributed by atoms with van der Waals surface area (Å²) in [6, 6.07) is 0. The van der Waals surface area contributed by atoms with Gasteiger partial charge in [-0.3, -0.25) is 9.89 Å². The van der Waals surface area contributed by atoms with Crippen LogP contribution in [0.5, 0.6) is 0 Å². The molecule has 6 nitrogen and oxygen atoms in total. The van der Waals surface area contributed by atoms with Crippen LogP contribution in [0.25, 0.3) is 0 Å². The molecule has 0 bridgehead atoms. The zero-order chi connectivity index (χ0) is 18.2. The van der Waals surface area contributed by atoms with Gasteiger partial charge < -0.3 is 15.4 Å². The van der Waals surface area contributed by atoms with Gasteiger partial charge in [0.05, 0.1) is 5.01 Å². The molecule has 0 saturated carbocycles. The Balaban J connectivity index is 1.48. The fraction of sp³-hybridized carbons (Fsp3) is 0.789. The number of hydrogen-bond donors (Lipinski definition) is 2. The fourth-order valence-electron chi connectivity index (χ4n) is 3.93. The molecule has 0 radical (unpaired) electrons. The van der Waals surface area contributed by atoms with Crippen LogP contribution in [0, 0.1) is 0 Å². The lowest BCUT2D eigenvalue weighted by Crippen LogP contribution is -2.58. The number of guanidine groups is 1. The normalized spacial score (nSPS) is 21.1. The summed E-state index contributed by atoms with van der Waals surface area (Å²) in [5.41, 5.74) is 0.220. The smallest absolute Gasteiger partial charge is 0.191 e. The fourth-order valence-corrected chi connectivity index (χ4v) is 4.79. The number of nitrogens with zero attached hydrogens (tertiary/aromatic N) is 3. The number of nitrogens with one attached hydrogen (secondary N) is 2. The molecule has 2 saturated heterocycles. The molecule has 0 aliphatic carbocycles. The van der Waals surface area contributed by atoms with Gasteiger partial charge in [-0.25, -0.2) is 4.98 Å². The summed E-state index contributed by atoms with van der Waals surface area (Å²) >= 11 is 1.81. The third kappa shape index (κ3) is 4.96. The molecule has 26 heavy (non-hydrogen) atoms. The average Bonchev–Trinajstić information content (AvgIpc) is 3.37. The lowest BCUT2D eigenvalue weighted by molar-refractivity contribution is -0.0164. The Kier molecular flexibility index (Phi) is 7.28. The van der Waals surface area contributed by atoms with Crippen molar-refractivity contribution in [3.8, 4) is 0 Å². The topological polar surface area (TPSA) is 61.8 Å². The van der Waals surface area contributed by atoms with Crippen LogP contribution in [0.3, 0.4) is 0 Å². The molecular weight excluding hydrogens is 346 g/mol. The first-order chi connectivity index (χ1) is 12.8. The second kappa shape index (κ2) is 9.67. The van der Waals surface area contributed by atoms with E-state index in [0.717, 1.165) is 57.9 Å². The van der Waals surface area contributed by atoms with Crippen molar-refractivity contribution in [2.45, 2.75) is 51.0 Å². The van der Waals surface area contributed by atoms with E-state index in [0.29, 0.717) is 0 Å². The summed E-state index contributed by atoms with van der Waals surface area (Å²) in [7, 11) is 1.85. The van der Waals surface area contributed by atoms with Gasteiger partial charge in [-0.05, 0) is 45.2 Å². The Labute approximate surface area is 161 Å². The Bertz CT molecular complexity index is 576. The second-order valence-electron chi connectivity index (χ2n) is 7.21. The van der Waals surface area contributed by atoms with Crippen LogP contribution < -0.4 is 10.6 Å². The van der Waals surface area contributed by atoms with Gasteiger partial charge in [0.25, 0.3) is 0 Å². The highest BCUT2D eigenvalue weighted by atomic mass is 32.1. The van der Waals surface area contributed by atoms with Crippen molar-refractivity contribution in [2.24, 2.45) is 4.99 Å². The predicted octanol–water partition coefficient (Wildman–Crippen LogP) is 2.06. The van der Waals surface area contributed by atoms with Crippen molar-refractivity contribution >= 4 is 17.3 Å². The van der Waals surface area contributed by atoms with Gasteiger partial charge in [0.1, 0.15) is 0 Å². The highest BCUT2D eigenvalue weighted by Crippen LogP contribution is 2.30. The summed E-state index contributed by atoms with van der Waals surface area (Å²) in [5, 5.41) is 8.23. The predicted molar refractivity (Wildman–Crippen MR) is 108 cm³/mol. The molecule has 7 heteroatoms. The molecule has 1 aromatic heterocycles. The van der Waals surface area contributed by atoms with Gasteiger partial charge in [0.15, 0.2) is 5.96 Å². The number of likely N-dealkylation sites (tertiary alicyclic amines) is 1. The largest absolute Gasteiger partial charge is 0.381 e. The maximum absolute atomic E-state index is 5.64. The maximum atomic E-state index is 5.64. The molecule has 2 N–H and O–H groups in total. The van der Waals surface area contributed by atoms with Crippen LogP contribution in [-0.4, -0.2) is 67.8 Å². The maximum Gasteiger partial charge on any atom is 0.191 e. The van der Waals surface area contributed by atoms with Crippen molar-refractivity contribution in [3.63, 3.8) is 0 Å². The van der Waals surface area contributed by atoms with Gasteiger partial charge >= 0.3 is 0 Å². The summed E-state index contributed by atoms with van der Waals surface area (Å²) in [5.74, 6) is 0.891. The first-order valence-corrected chi connectivity index (χ1v) is 10.8. The minimum Gasteiger partial charge on any atom is -0.381 e. The Morgan fingerprint density at radius 2 is 2.08 bits per heavy atom. The van der Waals surface area contributed by atoms with E-state index < -0.39 is 0 Å². The third-order valence-electron chi connectivity index (χ3n) is 5.59. The number of ether oxygens (including phenoxy) is 1. The molecule has 0 aromatic carbocycles. The van der Waals surface area contributed by atoms with E-state index in [1.807, 2.05) is 24.6 Å². The van der Waals surface area contributed by atoms with Crippen molar-refractivity contribution < 1.29 is 4.74 Å². The van der Waals surface area contributed by atoms with Crippen LogP contribution in [-0.2, 0) is 17.6 Å². The Morgan fingerprint density at radius 1 is 1.31 bits per heavy atom. The lowest BCUT2D eigenvalue weighted by atomic mass is 9.88. The van der Waals surface area contributed by atoms with Crippen LogP contribution in [0.4, 0.5) is 0 Å². The van der Waals surface area contributed by atoms with Gasteiger partial charge in [-0.1, -0.05) is 6.92 Å². The molecular formula is C19H33N5OS. The Hall–Kier alpha value is -1.18. The van der Waals surface area contributed by atoms with E-state index in [2.05, 4.69) is 32.4 Å². The molecule has 0 atom stereocenters. The number of thiazole rings is 1. The highest BCUT2D eigenvalue weighted by molar-refractivity contribution is 7.11. The molecule has 146 valence electrons. The molecule has 0 unspecified atom stereocenters. The first-order valence-electron chi connectivity index (χ1n) is 9.96. The van der Waals surface area contributed by atoms with E-state index in [4.69, 9.17) is 4.74 Å². The summed E-state index contributed by atoms with van der Waals surface area (Å²) in [6.07, 6.45) is 8.86. The van der Waals surface area contributed by atoms with Crippen LogP contribution in [0.1, 0.15) is 42.5 Å². The molecule has 0 spiro atoms. The SMILES string of the molecule is CCc1cnc(CCNC(=NC)NCC2(N3CCCC3)CCOCC2)s1. The van der Waals surface area contributed by atoms with Crippen molar-refractivity contribution in [3.05, 3.63) is 16.1 Å². The summed E-state index contributed by atoms with van der Waals surface area (Å²) in [6.45, 7) is 8.15. The van der Waals surface area contributed by atoms with E-state index in [-0.39, 0.29) is 5.54 Å². The van der Waals surface area contributed by atoms with Gasteiger partial charge in [0, 0.05) is 56.4 Å². The molecule has 2 aliphatic rings. The first kappa shape index (κ1) is 19.6. The number of aromatic nitrogens is 1. The minimum atomic E-state index is 0.220. The van der Waals surface area contributed by atoms with Crippen LogP contribution >= 0.6 is 11.3 Å². The summed E-state index contributed by atoms with van der Waals surface area (Å²) in [4.78, 5) is 12.9. The average molecular weight is 380 g/mol. The van der Waals surface area contributed by atoms with E-state index in [9.17, 15) is 0 Å². The van der Waals surface area contributed by atoms with Crippen LogP contribution in [0.2, 0.25) is 0 Å². The number of hydrogen-bond acceptors (Lipinski definition) is 5. The molecule has 0 amide bonds. The number of aryl methyl sites for hydroxylation is 1. The van der Waals surface area contributed by atoms with Gasteiger partial charge in [-0.15, -0.1) is 11.3 Å². The second-order valence-corrected chi connectivity index (χ2v) is 8.41. The van der Waals surface area contributed by atoms with E-state index in [1.54, 1.807) is 0 Å². The van der Waals surface area contributed by atoms with E-state index in [1.165, 1.54) is 35.8 Å². The molecule has 1 aromatic rings. The van der Waals surface area contributed by atoms with E-state index >= 15 is 0 Å². The highest BCUT2D eigenvalue weighted by Gasteiger charge is 2.39. The molecule has 3 heterocycles. The monoisotopic (exact) mass is 379 g/mol. The van der Waals surface area contributed by atoms with Crippen molar-refractivity contribution in [2.75, 3.05) is 46.4 Å². The standard InChI is InChI=1S/C19H33N5OS/c1-3-16-14-22-17(26-16)6-9-21-18(20-2)23-15-19(7-12-25-13-8-19)24-10-4-5-11-24/h14H,3-13,15H2,1-2H3,(H2,20,21,23). The summed E-state index contributed by atoms with van der Waals surface area (Å²) < 4.78 is 5.64. The van der Waals surface area contributed by atoms with Crippen LogP contribution in [0.15, 0.2) is 11.2 Å². The van der Waals surface area contributed by atoms with Crippen molar-refractivity contribution in [1.82, 2.24) is 20.5 Å². The van der Waals surface area contributed by atoms with Gasteiger partial charge in [-0.2, -0.15) is 0 Å². The van der Waals surface area contributed by atoms with Gasteiger partial charge in [0.2, 0.25) is 0 Å².